The molecule has 0 aromatic heterocycles. The minimum absolute atomic E-state index is 0.0362. The third kappa shape index (κ3) is 4.00. The largest absolute Gasteiger partial charge is 0.322 e. The van der Waals surface area contributed by atoms with Crippen LogP contribution in [-0.2, 0) is 11.3 Å². The Hall–Kier alpha value is -2.09. The fraction of sp³-hybridized carbons (Fsp3) is 0.118. The molecule has 26 heavy (non-hydrogen) atoms. The summed E-state index contributed by atoms with van der Waals surface area (Å²) in [5, 5.41) is 2.20. The Bertz CT molecular complexity index is 890. The number of benzene rings is 2. The molecular formula is C17H11Cl2FN2O3S. The highest BCUT2D eigenvalue weighted by molar-refractivity contribution is 8.14. The Morgan fingerprint density at radius 3 is 2.46 bits per heavy atom. The summed E-state index contributed by atoms with van der Waals surface area (Å²) in [6.45, 7) is 0.174. The smallest absolute Gasteiger partial charge is 0.289 e. The van der Waals surface area contributed by atoms with Gasteiger partial charge in [0.1, 0.15) is 5.82 Å². The third-order valence-electron chi connectivity index (χ3n) is 3.65. The van der Waals surface area contributed by atoms with Crippen molar-refractivity contribution in [1.82, 2.24) is 4.90 Å². The number of anilines is 1. The number of hydrogen-bond acceptors (Lipinski definition) is 4. The molecular weight excluding hydrogens is 402 g/mol. The summed E-state index contributed by atoms with van der Waals surface area (Å²) in [6, 6.07) is 8.73. The molecule has 2 aromatic rings. The van der Waals surface area contributed by atoms with Crippen LogP contribution >= 0.6 is 35.0 Å². The molecule has 3 amide bonds. The number of nitrogens with one attached hydrogen (secondary N) is 1. The third-order valence-corrected chi connectivity index (χ3v) is 5.11. The first-order valence-corrected chi connectivity index (χ1v) is 9.11. The first kappa shape index (κ1) is 18.7. The van der Waals surface area contributed by atoms with E-state index >= 15 is 0 Å². The van der Waals surface area contributed by atoms with Crippen LogP contribution in [0.5, 0.6) is 0 Å². The minimum atomic E-state index is -0.741. The van der Waals surface area contributed by atoms with Crippen LogP contribution in [0.3, 0.4) is 0 Å². The van der Waals surface area contributed by atoms with Crippen LogP contribution in [0.4, 0.5) is 14.9 Å². The van der Waals surface area contributed by atoms with E-state index in [2.05, 4.69) is 5.32 Å². The van der Waals surface area contributed by atoms with Crippen molar-refractivity contribution >= 4 is 57.7 Å². The van der Waals surface area contributed by atoms with Gasteiger partial charge in [0.05, 0.1) is 27.9 Å². The van der Waals surface area contributed by atoms with Gasteiger partial charge in [0.25, 0.3) is 11.1 Å². The van der Waals surface area contributed by atoms with Gasteiger partial charge in [-0.3, -0.25) is 19.3 Å². The summed E-state index contributed by atoms with van der Waals surface area (Å²) < 4.78 is 13.5. The standard InChI is InChI=1S/C17H11Cl2FN2O3S/c18-12-6-13(19)14(20)5-11(12)16(24)21-10-3-1-9(2-4-10)7-22-15(23)8-26-17(22)25/h1-6H,7-8H2,(H,21,24). The molecule has 0 atom stereocenters. The van der Waals surface area contributed by atoms with Crippen LogP contribution in [0.25, 0.3) is 0 Å². The van der Waals surface area contributed by atoms with E-state index in [1.165, 1.54) is 11.0 Å². The first-order valence-electron chi connectivity index (χ1n) is 7.37. The maximum atomic E-state index is 13.5. The van der Waals surface area contributed by atoms with Gasteiger partial charge in [-0.25, -0.2) is 4.39 Å². The molecule has 0 bridgehead atoms. The van der Waals surface area contributed by atoms with Gasteiger partial charge in [-0.2, -0.15) is 0 Å². The van der Waals surface area contributed by atoms with Crippen LogP contribution in [0, 0.1) is 5.82 Å². The molecule has 0 aliphatic carbocycles. The lowest BCUT2D eigenvalue weighted by molar-refractivity contribution is -0.125. The fourth-order valence-electron chi connectivity index (χ4n) is 2.30. The fourth-order valence-corrected chi connectivity index (χ4v) is 3.50. The Balaban J connectivity index is 1.69. The highest BCUT2D eigenvalue weighted by atomic mass is 35.5. The zero-order valence-electron chi connectivity index (χ0n) is 13.1. The summed E-state index contributed by atoms with van der Waals surface area (Å²) in [7, 11) is 0. The quantitative estimate of drug-likeness (QED) is 0.746. The molecule has 1 N–H and O–H groups in total. The van der Waals surface area contributed by atoms with E-state index in [1.54, 1.807) is 24.3 Å². The summed E-state index contributed by atoms with van der Waals surface area (Å²) in [5.74, 6) is -1.39. The second kappa shape index (κ2) is 7.65. The van der Waals surface area contributed by atoms with Crippen LogP contribution in [0.15, 0.2) is 36.4 Å². The van der Waals surface area contributed by atoms with E-state index in [4.69, 9.17) is 23.2 Å². The van der Waals surface area contributed by atoms with Crippen LogP contribution in [0.1, 0.15) is 15.9 Å². The molecule has 0 radical (unpaired) electrons. The monoisotopic (exact) mass is 412 g/mol. The Labute approximate surface area is 162 Å². The van der Waals surface area contributed by atoms with Gasteiger partial charge in [0.15, 0.2) is 0 Å². The lowest BCUT2D eigenvalue weighted by Gasteiger charge is -2.13. The van der Waals surface area contributed by atoms with Gasteiger partial charge in [-0.15, -0.1) is 0 Å². The predicted molar refractivity (Wildman–Crippen MR) is 99.2 cm³/mol. The lowest BCUT2D eigenvalue weighted by Crippen LogP contribution is -2.27. The van der Waals surface area contributed by atoms with Crippen LogP contribution in [0.2, 0.25) is 10.0 Å². The zero-order valence-corrected chi connectivity index (χ0v) is 15.4. The van der Waals surface area contributed by atoms with E-state index in [0.717, 1.165) is 23.4 Å². The van der Waals surface area contributed by atoms with E-state index in [9.17, 15) is 18.8 Å². The van der Waals surface area contributed by atoms with Gasteiger partial charge in [0.2, 0.25) is 5.91 Å². The average molecular weight is 413 g/mol. The van der Waals surface area contributed by atoms with Crippen molar-refractivity contribution in [3.8, 4) is 0 Å². The van der Waals surface area contributed by atoms with Gasteiger partial charge < -0.3 is 5.32 Å². The predicted octanol–water partition coefficient (Wildman–Crippen LogP) is 4.58. The number of hydrogen-bond donors (Lipinski definition) is 1. The van der Waals surface area contributed by atoms with Crippen LogP contribution in [-0.4, -0.2) is 27.7 Å². The molecule has 1 fully saturated rings. The topological polar surface area (TPSA) is 66.5 Å². The molecule has 0 unspecified atom stereocenters. The molecule has 1 aliphatic rings. The molecule has 0 saturated carbocycles. The molecule has 9 heteroatoms. The van der Waals surface area contributed by atoms with Crippen molar-refractivity contribution in [2.75, 3.05) is 11.1 Å². The maximum absolute atomic E-state index is 13.5. The number of nitrogens with zero attached hydrogens (tertiary/aromatic N) is 1. The van der Waals surface area contributed by atoms with E-state index in [0.29, 0.717) is 5.69 Å². The number of rotatable bonds is 4. The van der Waals surface area contributed by atoms with Crippen molar-refractivity contribution in [1.29, 1.82) is 0 Å². The Kier molecular flexibility index (Phi) is 5.50. The highest BCUT2D eigenvalue weighted by Gasteiger charge is 2.29. The number of amides is 3. The second-order valence-electron chi connectivity index (χ2n) is 5.43. The van der Waals surface area contributed by atoms with Gasteiger partial charge >= 0.3 is 0 Å². The highest BCUT2D eigenvalue weighted by Crippen LogP contribution is 2.26. The molecule has 3 rings (SSSR count). The summed E-state index contributed by atoms with van der Waals surface area (Å²) in [5.41, 5.74) is 1.16. The van der Waals surface area contributed by atoms with Crippen molar-refractivity contribution < 1.29 is 18.8 Å². The average Bonchev–Trinajstić information content (AvgIpc) is 2.91. The molecule has 0 spiro atoms. The molecule has 2 aromatic carbocycles. The van der Waals surface area contributed by atoms with Crippen molar-refractivity contribution in [2.45, 2.75) is 6.54 Å². The molecule has 134 valence electrons. The van der Waals surface area contributed by atoms with Gasteiger partial charge in [-0.1, -0.05) is 47.1 Å². The van der Waals surface area contributed by atoms with E-state index in [-0.39, 0.29) is 39.1 Å². The number of imide groups is 1. The van der Waals surface area contributed by atoms with Gasteiger partial charge in [-0.05, 0) is 29.8 Å². The molecule has 1 saturated heterocycles. The molecule has 1 aliphatic heterocycles. The minimum Gasteiger partial charge on any atom is -0.322 e. The van der Waals surface area contributed by atoms with E-state index in [1.807, 2.05) is 0 Å². The van der Waals surface area contributed by atoms with Crippen molar-refractivity contribution in [3.63, 3.8) is 0 Å². The normalized spacial score (nSPS) is 14.0. The summed E-state index contributed by atoms with van der Waals surface area (Å²) >= 11 is 12.5. The Morgan fingerprint density at radius 1 is 1.15 bits per heavy atom. The molecule has 5 nitrogen and oxygen atoms in total. The van der Waals surface area contributed by atoms with E-state index < -0.39 is 11.7 Å². The second-order valence-corrected chi connectivity index (χ2v) is 7.17. The number of thioether (sulfide) groups is 1. The van der Waals surface area contributed by atoms with Crippen molar-refractivity contribution in [3.05, 3.63) is 63.4 Å². The SMILES string of the molecule is O=C(Nc1ccc(CN2C(=O)CSC2=O)cc1)c1cc(F)c(Cl)cc1Cl. The number of carbonyl (C=O) groups is 3. The Morgan fingerprint density at radius 2 is 1.85 bits per heavy atom. The van der Waals surface area contributed by atoms with Crippen LogP contribution < -0.4 is 5.32 Å². The summed E-state index contributed by atoms with van der Waals surface area (Å²) in [4.78, 5) is 36.6. The maximum Gasteiger partial charge on any atom is 0.289 e. The summed E-state index contributed by atoms with van der Waals surface area (Å²) in [6.07, 6.45) is 0. The lowest BCUT2D eigenvalue weighted by atomic mass is 10.1. The first-order chi connectivity index (χ1) is 12.3. The number of carbonyl (C=O) groups excluding carboxylic acids is 3. The number of halogens is 3. The van der Waals surface area contributed by atoms with Gasteiger partial charge in [0, 0.05) is 5.69 Å². The van der Waals surface area contributed by atoms with Crippen molar-refractivity contribution in [2.24, 2.45) is 0 Å². The molecule has 1 heterocycles. The zero-order chi connectivity index (χ0) is 18.8.